The van der Waals surface area contributed by atoms with Crippen molar-refractivity contribution in [3.8, 4) is 0 Å². The summed E-state index contributed by atoms with van der Waals surface area (Å²) in [5.41, 5.74) is 0.916. The minimum atomic E-state index is -0.531. The standard InChI is InChI=1S/C12H14ClNO3/c13-8-11(15)6-7-14-12(16)17-9-10-4-2-1-3-5-10/h1-5H,6-9H2,(H,14,16). The van der Waals surface area contributed by atoms with Crippen molar-refractivity contribution in [2.45, 2.75) is 13.0 Å². The second-order valence-electron chi connectivity index (χ2n) is 3.41. The molecule has 0 aromatic heterocycles. The number of ketones is 1. The number of benzene rings is 1. The Balaban J connectivity index is 2.16. The molecule has 1 amide bonds. The van der Waals surface area contributed by atoms with Crippen LogP contribution in [0.25, 0.3) is 0 Å². The van der Waals surface area contributed by atoms with Gasteiger partial charge in [0.15, 0.2) is 0 Å². The molecule has 0 unspecified atom stereocenters. The van der Waals surface area contributed by atoms with Crippen LogP contribution in [-0.2, 0) is 16.1 Å². The minimum Gasteiger partial charge on any atom is -0.445 e. The number of rotatable bonds is 6. The lowest BCUT2D eigenvalue weighted by molar-refractivity contribution is -0.116. The Bertz CT molecular complexity index is 367. The van der Waals surface area contributed by atoms with Crippen molar-refractivity contribution in [1.29, 1.82) is 0 Å². The number of alkyl halides is 1. The second-order valence-corrected chi connectivity index (χ2v) is 3.68. The number of alkyl carbamates (subject to hydrolysis) is 1. The molecule has 4 nitrogen and oxygen atoms in total. The van der Waals surface area contributed by atoms with E-state index in [2.05, 4.69) is 5.32 Å². The van der Waals surface area contributed by atoms with Crippen molar-refractivity contribution >= 4 is 23.5 Å². The summed E-state index contributed by atoms with van der Waals surface area (Å²) in [6, 6.07) is 9.36. The van der Waals surface area contributed by atoms with Gasteiger partial charge in [0.25, 0.3) is 0 Å². The number of carbonyl (C=O) groups is 2. The average molecular weight is 256 g/mol. The van der Waals surface area contributed by atoms with E-state index in [1.54, 1.807) is 0 Å². The molecule has 0 spiro atoms. The summed E-state index contributed by atoms with van der Waals surface area (Å²) in [4.78, 5) is 22.1. The van der Waals surface area contributed by atoms with Gasteiger partial charge >= 0.3 is 6.09 Å². The van der Waals surface area contributed by atoms with Gasteiger partial charge in [-0.3, -0.25) is 4.79 Å². The molecule has 1 rings (SSSR count). The van der Waals surface area contributed by atoms with Gasteiger partial charge in [0, 0.05) is 13.0 Å². The lowest BCUT2D eigenvalue weighted by Crippen LogP contribution is -2.26. The number of halogens is 1. The van der Waals surface area contributed by atoms with E-state index in [0.717, 1.165) is 5.56 Å². The third-order valence-corrected chi connectivity index (χ3v) is 2.33. The summed E-state index contributed by atoms with van der Waals surface area (Å²) in [5, 5.41) is 2.48. The maximum absolute atomic E-state index is 11.2. The maximum Gasteiger partial charge on any atom is 0.407 e. The third kappa shape index (κ3) is 5.92. The fourth-order valence-electron chi connectivity index (χ4n) is 1.14. The molecule has 0 aliphatic carbocycles. The Labute approximate surface area is 105 Å². The van der Waals surface area contributed by atoms with Crippen LogP contribution in [0, 0.1) is 0 Å². The van der Waals surface area contributed by atoms with E-state index in [-0.39, 0.29) is 31.2 Å². The van der Waals surface area contributed by atoms with Crippen molar-refractivity contribution in [3.05, 3.63) is 35.9 Å². The van der Waals surface area contributed by atoms with Gasteiger partial charge in [0.2, 0.25) is 0 Å². The van der Waals surface area contributed by atoms with Gasteiger partial charge in [-0.15, -0.1) is 11.6 Å². The summed E-state index contributed by atoms with van der Waals surface area (Å²) < 4.78 is 4.95. The number of hydrogen-bond donors (Lipinski definition) is 1. The Morgan fingerprint density at radius 1 is 1.24 bits per heavy atom. The predicted molar refractivity (Wildman–Crippen MR) is 65.0 cm³/mol. The summed E-state index contributed by atoms with van der Waals surface area (Å²) in [7, 11) is 0. The van der Waals surface area contributed by atoms with Crippen molar-refractivity contribution in [2.24, 2.45) is 0 Å². The summed E-state index contributed by atoms with van der Waals surface area (Å²) in [6.45, 7) is 0.468. The van der Waals surface area contributed by atoms with Crippen molar-refractivity contribution in [3.63, 3.8) is 0 Å². The molecule has 0 heterocycles. The van der Waals surface area contributed by atoms with E-state index in [1.165, 1.54) is 0 Å². The number of hydrogen-bond acceptors (Lipinski definition) is 3. The number of ether oxygens (including phenoxy) is 1. The zero-order valence-corrected chi connectivity index (χ0v) is 10.1. The van der Waals surface area contributed by atoms with Crippen LogP contribution in [-0.4, -0.2) is 24.3 Å². The number of carbonyl (C=O) groups excluding carboxylic acids is 2. The molecule has 0 radical (unpaired) electrons. The third-order valence-electron chi connectivity index (χ3n) is 2.03. The van der Waals surface area contributed by atoms with E-state index in [0.29, 0.717) is 0 Å². The average Bonchev–Trinajstić information content (AvgIpc) is 2.37. The lowest BCUT2D eigenvalue weighted by Gasteiger charge is -2.06. The van der Waals surface area contributed by atoms with Gasteiger partial charge in [0.05, 0.1) is 5.88 Å². The Morgan fingerprint density at radius 2 is 1.94 bits per heavy atom. The highest BCUT2D eigenvalue weighted by Gasteiger charge is 2.04. The van der Waals surface area contributed by atoms with Crippen molar-refractivity contribution in [1.82, 2.24) is 5.32 Å². The van der Waals surface area contributed by atoms with Crippen LogP contribution in [0.1, 0.15) is 12.0 Å². The zero-order valence-electron chi connectivity index (χ0n) is 9.32. The van der Waals surface area contributed by atoms with E-state index < -0.39 is 6.09 Å². The molecule has 5 heteroatoms. The van der Waals surface area contributed by atoms with Crippen LogP contribution in [0.4, 0.5) is 4.79 Å². The van der Waals surface area contributed by atoms with Crippen molar-refractivity contribution in [2.75, 3.05) is 12.4 Å². The fraction of sp³-hybridized carbons (Fsp3) is 0.333. The van der Waals surface area contributed by atoms with Gasteiger partial charge in [-0.2, -0.15) is 0 Å². The number of amides is 1. The lowest BCUT2D eigenvalue weighted by atomic mass is 10.2. The molecular weight excluding hydrogens is 242 g/mol. The summed E-state index contributed by atoms with van der Waals surface area (Å²) >= 11 is 5.32. The summed E-state index contributed by atoms with van der Waals surface area (Å²) in [5.74, 6) is -0.129. The number of Topliss-reactive ketones (excluding diaryl/α,β-unsaturated/α-hetero) is 1. The molecule has 17 heavy (non-hydrogen) atoms. The molecular formula is C12H14ClNO3. The van der Waals surface area contributed by atoms with E-state index in [4.69, 9.17) is 16.3 Å². The molecule has 0 saturated heterocycles. The van der Waals surface area contributed by atoms with Crippen LogP contribution in [0.2, 0.25) is 0 Å². The smallest absolute Gasteiger partial charge is 0.407 e. The van der Waals surface area contributed by atoms with Gasteiger partial charge in [-0.1, -0.05) is 30.3 Å². The first-order chi connectivity index (χ1) is 8.22. The largest absolute Gasteiger partial charge is 0.445 e. The fourth-order valence-corrected chi connectivity index (χ4v) is 1.28. The molecule has 0 bridgehead atoms. The quantitative estimate of drug-likeness (QED) is 0.792. The predicted octanol–water partition coefficient (Wildman–Crippen LogP) is 2.11. The molecule has 0 saturated carbocycles. The molecule has 0 aliphatic rings. The van der Waals surface area contributed by atoms with E-state index in [1.807, 2.05) is 30.3 Å². The van der Waals surface area contributed by atoms with Gasteiger partial charge < -0.3 is 10.1 Å². The molecule has 0 aliphatic heterocycles. The van der Waals surface area contributed by atoms with Crippen molar-refractivity contribution < 1.29 is 14.3 Å². The first kappa shape index (κ1) is 13.5. The minimum absolute atomic E-state index is 0.0270. The highest BCUT2D eigenvalue weighted by Crippen LogP contribution is 2.00. The molecule has 0 fully saturated rings. The topological polar surface area (TPSA) is 55.4 Å². The molecule has 0 atom stereocenters. The molecule has 1 N–H and O–H groups in total. The van der Waals surface area contributed by atoms with Gasteiger partial charge in [-0.05, 0) is 5.56 Å². The zero-order chi connectivity index (χ0) is 12.5. The second kappa shape index (κ2) is 7.68. The van der Waals surface area contributed by atoms with Gasteiger partial charge in [0.1, 0.15) is 12.4 Å². The van der Waals surface area contributed by atoms with E-state index >= 15 is 0 Å². The summed E-state index contributed by atoms with van der Waals surface area (Å²) in [6.07, 6.45) is -0.305. The number of nitrogens with one attached hydrogen (secondary N) is 1. The normalized spacial score (nSPS) is 9.71. The van der Waals surface area contributed by atoms with Crippen LogP contribution in [0.3, 0.4) is 0 Å². The SMILES string of the molecule is O=C(CCl)CCNC(=O)OCc1ccccc1. The Hall–Kier alpha value is -1.55. The van der Waals surface area contributed by atoms with Crippen LogP contribution in [0.15, 0.2) is 30.3 Å². The maximum atomic E-state index is 11.2. The molecule has 92 valence electrons. The molecule has 1 aromatic carbocycles. The first-order valence-corrected chi connectivity index (χ1v) is 5.78. The van der Waals surface area contributed by atoms with Crippen LogP contribution in [0.5, 0.6) is 0 Å². The highest BCUT2D eigenvalue weighted by molar-refractivity contribution is 6.27. The van der Waals surface area contributed by atoms with Gasteiger partial charge in [-0.25, -0.2) is 4.79 Å². The van der Waals surface area contributed by atoms with E-state index in [9.17, 15) is 9.59 Å². The molecule has 1 aromatic rings. The van der Waals surface area contributed by atoms with Crippen LogP contribution >= 0.6 is 11.6 Å². The Morgan fingerprint density at radius 3 is 2.59 bits per heavy atom. The monoisotopic (exact) mass is 255 g/mol. The van der Waals surface area contributed by atoms with Crippen LogP contribution < -0.4 is 5.32 Å². The Kier molecular flexibility index (Phi) is 6.10. The first-order valence-electron chi connectivity index (χ1n) is 5.24. The highest BCUT2D eigenvalue weighted by atomic mass is 35.5.